The molecule has 0 heterocycles. The minimum absolute atomic E-state index is 0.0212. The molecule has 0 aromatic heterocycles. The topological polar surface area (TPSA) is 70.6 Å². The molecule has 5 nitrogen and oxygen atoms in total. The fraction of sp³-hybridized carbons (Fsp3) is 0.588. The Morgan fingerprint density at radius 1 is 1.18 bits per heavy atom. The van der Waals surface area contributed by atoms with Gasteiger partial charge >= 0.3 is 6.09 Å². The highest BCUT2D eigenvalue weighted by Gasteiger charge is 2.21. The van der Waals surface area contributed by atoms with Crippen molar-refractivity contribution < 1.29 is 14.6 Å². The molecule has 0 fully saturated rings. The molecule has 0 aliphatic rings. The van der Waals surface area contributed by atoms with Gasteiger partial charge in [0.15, 0.2) is 0 Å². The van der Waals surface area contributed by atoms with Gasteiger partial charge in [0.05, 0.1) is 5.60 Å². The summed E-state index contributed by atoms with van der Waals surface area (Å²) in [4.78, 5) is 11.7. The van der Waals surface area contributed by atoms with Crippen LogP contribution in [0.5, 0.6) is 0 Å². The summed E-state index contributed by atoms with van der Waals surface area (Å²) in [6.45, 7) is 11.6. The summed E-state index contributed by atoms with van der Waals surface area (Å²) in [7, 11) is 0. The predicted molar refractivity (Wildman–Crippen MR) is 88.9 cm³/mol. The zero-order chi connectivity index (χ0) is 17.0. The number of ether oxygens (including phenoxy) is 1. The molecule has 1 rings (SSSR count). The van der Waals surface area contributed by atoms with Crippen molar-refractivity contribution in [3.05, 3.63) is 29.8 Å². The number of amides is 1. The van der Waals surface area contributed by atoms with E-state index in [1.165, 1.54) is 0 Å². The standard InChI is InChI=1S/C17H28N2O3/c1-12(17(5,6)21)18-11-13-7-9-14(10-8-13)19-15(20)22-16(2,3)4/h7-10,12,18,21H,11H2,1-6H3,(H,19,20). The van der Waals surface area contributed by atoms with Gasteiger partial charge in [-0.05, 0) is 59.2 Å². The molecule has 0 bridgehead atoms. The van der Waals surface area contributed by atoms with E-state index in [4.69, 9.17) is 4.74 Å². The molecule has 0 aliphatic carbocycles. The van der Waals surface area contributed by atoms with E-state index in [0.29, 0.717) is 12.2 Å². The second kappa shape index (κ2) is 7.11. The fourth-order valence-electron chi connectivity index (χ4n) is 1.65. The third-order valence-corrected chi connectivity index (χ3v) is 3.27. The number of hydrogen-bond donors (Lipinski definition) is 3. The molecule has 1 aromatic rings. The lowest BCUT2D eigenvalue weighted by atomic mass is 10.0. The molecule has 0 radical (unpaired) electrons. The van der Waals surface area contributed by atoms with Gasteiger partial charge in [-0.3, -0.25) is 5.32 Å². The molecule has 124 valence electrons. The van der Waals surface area contributed by atoms with Crippen LogP contribution < -0.4 is 10.6 Å². The van der Waals surface area contributed by atoms with Gasteiger partial charge < -0.3 is 15.2 Å². The first-order valence-electron chi connectivity index (χ1n) is 7.52. The number of carbonyl (C=O) groups is 1. The summed E-state index contributed by atoms with van der Waals surface area (Å²) in [5.74, 6) is 0. The van der Waals surface area contributed by atoms with Crippen LogP contribution in [0.4, 0.5) is 10.5 Å². The highest BCUT2D eigenvalue weighted by molar-refractivity contribution is 5.84. The van der Waals surface area contributed by atoms with Crippen LogP contribution in [0.1, 0.15) is 47.1 Å². The average Bonchev–Trinajstić information content (AvgIpc) is 2.34. The van der Waals surface area contributed by atoms with Crippen molar-refractivity contribution in [2.45, 2.75) is 65.3 Å². The van der Waals surface area contributed by atoms with E-state index >= 15 is 0 Å². The van der Waals surface area contributed by atoms with Crippen LogP contribution in [0.15, 0.2) is 24.3 Å². The summed E-state index contributed by atoms with van der Waals surface area (Å²) in [5.41, 5.74) is 0.485. The summed E-state index contributed by atoms with van der Waals surface area (Å²) in [6.07, 6.45) is -0.464. The SMILES string of the molecule is CC(NCc1ccc(NC(=O)OC(C)(C)C)cc1)C(C)(C)O. The summed E-state index contributed by atoms with van der Waals surface area (Å²) in [5, 5.41) is 15.8. The average molecular weight is 308 g/mol. The Morgan fingerprint density at radius 2 is 1.73 bits per heavy atom. The number of nitrogens with one attached hydrogen (secondary N) is 2. The zero-order valence-corrected chi connectivity index (χ0v) is 14.4. The minimum Gasteiger partial charge on any atom is -0.444 e. The monoisotopic (exact) mass is 308 g/mol. The Balaban J connectivity index is 2.51. The summed E-state index contributed by atoms with van der Waals surface area (Å²) in [6, 6.07) is 7.49. The Hall–Kier alpha value is -1.59. The predicted octanol–water partition coefficient (Wildman–Crippen LogP) is 3.28. The minimum atomic E-state index is -0.766. The van der Waals surface area contributed by atoms with Crippen molar-refractivity contribution in [1.29, 1.82) is 0 Å². The Kier molecular flexibility index (Phi) is 5.97. The van der Waals surface area contributed by atoms with Crippen LogP contribution in [0, 0.1) is 0 Å². The molecule has 0 saturated heterocycles. The highest BCUT2D eigenvalue weighted by atomic mass is 16.6. The highest BCUT2D eigenvalue weighted by Crippen LogP contribution is 2.14. The zero-order valence-electron chi connectivity index (χ0n) is 14.4. The lowest BCUT2D eigenvalue weighted by Crippen LogP contribution is -2.44. The van der Waals surface area contributed by atoms with Gasteiger partial charge in [-0.25, -0.2) is 4.79 Å². The van der Waals surface area contributed by atoms with Crippen LogP contribution in [0.3, 0.4) is 0 Å². The number of carbonyl (C=O) groups excluding carboxylic acids is 1. The smallest absolute Gasteiger partial charge is 0.412 e. The largest absolute Gasteiger partial charge is 0.444 e. The maximum Gasteiger partial charge on any atom is 0.412 e. The van der Waals surface area contributed by atoms with Gasteiger partial charge in [-0.15, -0.1) is 0 Å². The summed E-state index contributed by atoms with van der Waals surface area (Å²) >= 11 is 0. The molecule has 0 spiro atoms. The van der Waals surface area contributed by atoms with E-state index < -0.39 is 17.3 Å². The second-order valence-electron chi connectivity index (χ2n) is 7.08. The van der Waals surface area contributed by atoms with E-state index in [1.54, 1.807) is 13.8 Å². The molecule has 0 saturated carbocycles. The molecule has 5 heteroatoms. The van der Waals surface area contributed by atoms with Crippen molar-refractivity contribution in [3.8, 4) is 0 Å². The maximum atomic E-state index is 11.7. The van der Waals surface area contributed by atoms with Crippen molar-refractivity contribution in [3.63, 3.8) is 0 Å². The van der Waals surface area contributed by atoms with Gasteiger partial charge in [-0.1, -0.05) is 12.1 Å². The molecule has 0 aliphatic heterocycles. The van der Waals surface area contributed by atoms with E-state index in [1.807, 2.05) is 52.0 Å². The van der Waals surface area contributed by atoms with E-state index in [-0.39, 0.29) is 6.04 Å². The van der Waals surface area contributed by atoms with Crippen molar-refractivity contribution in [2.75, 3.05) is 5.32 Å². The molecular formula is C17H28N2O3. The van der Waals surface area contributed by atoms with E-state index in [0.717, 1.165) is 5.56 Å². The number of hydrogen-bond acceptors (Lipinski definition) is 4. The Bertz CT molecular complexity index is 484. The first-order chi connectivity index (χ1) is 9.97. The molecule has 1 amide bonds. The van der Waals surface area contributed by atoms with Crippen molar-refractivity contribution in [2.24, 2.45) is 0 Å². The molecule has 22 heavy (non-hydrogen) atoms. The number of aliphatic hydroxyl groups is 1. The first kappa shape index (κ1) is 18.5. The second-order valence-corrected chi connectivity index (χ2v) is 7.08. The lowest BCUT2D eigenvalue weighted by Gasteiger charge is -2.26. The van der Waals surface area contributed by atoms with Crippen molar-refractivity contribution in [1.82, 2.24) is 5.32 Å². The third-order valence-electron chi connectivity index (χ3n) is 3.27. The van der Waals surface area contributed by atoms with Crippen LogP contribution in [0.25, 0.3) is 0 Å². The number of rotatable bonds is 5. The number of benzene rings is 1. The van der Waals surface area contributed by atoms with Gasteiger partial charge in [0.2, 0.25) is 0 Å². The van der Waals surface area contributed by atoms with Gasteiger partial charge in [0.25, 0.3) is 0 Å². The van der Waals surface area contributed by atoms with E-state index in [9.17, 15) is 9.90 Å². The van der Waals surface area contributed by atoms with Crippen LogP contribution in [-0.2, 0) is 11.3 Å². The number of anilines is 1. The Labute approximate surface area is 133 Å². The quantitative estimate of drug-likeness (QED) is 0.780. The first-order valence-corrected chi connectivity index (χ1v) is 7.52. The molecule has 1 atom stereocenters. The van der Waals surface area contributed by atoms with Gasteiger partial charge in [0.1, 0.15) is 5.60 Å². The van der Waals surface area contributed by atoms with Crippen LogP contribution in [-0.4, -0.2) is 28.4 Å². The lowest BCUT2D eigenvalue weighted by molar-refractivity contribution is 0.0437. The van der Waals surface area contributed by atoms with Crippen molar-refractivity contribution >= 4 is 11.8 Å². The summed E-state index contributed by atoms with van der Waals surface area (Å²) < 4.78 is 5.20. The molecule has 1 unspecified atom stereocenters. The van der Waals surface area contributed by atoms with Gasteiger partial charge in [-0.2, -0.15) is 0 Å². The van der Waals surface area contributed by atoms with E-state index in [2.05, 4.69) is 10.6 Å². The van der Waals surface area contributed by atoms with Crippen LogP contribution in [0.2, 0.25) is 0 Å². The molecule has 1 aromatic carbocycles. The normalized spacial score (nSPS) is 13.6. The Morgan fingerprint density at radius 3 is 2.18 bits per heavy atom. The van der Waals surface area contributed by atoms with Crippen LogP contribution >= 0.6 is 0 Å². The molecular weight excluding hydrogens is 280 g/mol. The fourth-order valence-corrected chi connectivity index (χ4v) is 1.65. The third kappa shape index (κ3) is 6.91. The van der Waals surface area contributed by atoms with Gasteiger partial charge in [0, 0.05) is 18.3 Å². The molecule has 3 N–H and O–H groups in total. The maximum absolute atomic E-state index is 11.7.